The highest BCUT2D eigenvalue weighted by Gasteiger charge is 2.28. The van der Waals surface area contributed by atoms with Crippen LogP contribution in [0.2, 0.25) is 0 Å². The molecule has 1 aromatic rings. The first-order valence-corrected chi connectivity index (χ1v) is 6.29. The maximum absolute atomic E-state index is 12.1. The van der Waals surface area contributed by atoms with Crippen molar-refractivity contribution in [3.8, 4) is 0 Å². The Kier molecular flexibility index (Phi) is 5.82. The van der Waals surface area contributed by atoms with Crippen molar-refractivity contribution < 1.29 is 17.9 Å². The Labute approximate surface area is 112 Å². The van der Waals surface area contributed by atoms with E-state index in [9.17, 15) is 13.2 Å². The maximum atomic E-state index is 12.1. The molecule has 0 aromatic heterocycles. The molecule has 1 aromatic carbocycles. The molecule has 0 amide bonds. The van der Waals surface area contributed by atoms with Crippen LogP contribution >= 0.6 is 0 Å². The molecule has 0 aliphatic carbocycles. The van der Waals surface area contributed by atoms with E-state index in [1.54, 1.807) is 0 Å². The fourth-order valence-corrected chi connectivity index (χ4v) is 1.95. The molecule has 0 radical (unpaired) electrons. The van der Waals surface area contributed by atoms with Crippen molar-refractivity contribution in [3.05, 3.63) is 34.9 Å². The summed E-state index contributed by atoms with van der Waals surface area (Å²) in [5, 5.41) is 3.16. The van der Waals surface area contributed by atoms with Crippen molar-refractivity contribution in [2.45, 2.75) is 33.0 Å². The second kappa shape index (κ2) is 6.91. The number of halogens is 3. The van der Waals surface area contributed by atoms with Crippen molar-refractivity contribution in [2.24, 2.45) is 0 Å². The Morgan fingerprint density at radius 1 is 1.26 bits per heavy atom. The molecule has 1 atom stereocenters. The lowest BCUT2D eigenvalue weighted by molar-refractivity contribution is -0.175. The van der Waals surface area contributed by atoms with Crippen molar-refractivity contribution in [1.82, 2.24) is 5.32 Å². The highest BCUT2D eigenvalue weighted by molar-refractivity contribution is 5.35. The number of aryl methyl sites for hydroxylation is 1. The van der Waals surface area contributed by atoms with E-state index in [0.29, 0.717) is 6.54 Å². The van der Waals surface area contributed by atoms with E-state index >= 15 is 0 Å². The summed E-state index contributed by atoms with van der Waals surface area (Å²) in [4.78, 5) is 0. The molecule has 0 saturated heterocycles. The van der Waals surface area contributed by atoms with Gasteiger partial charge in [0.05, 0.1) is 12.6 Å². The summed E-state index contributed by atoms with van der Waals surface area (Å²) in [6.07, 6.45) is -4.28. The number of hydrogen-bond acceptors (Lipinski definition) is 2. The lowest BCUT2D eigenvalue weighted by Crippen LogP contribution is -2.28. The van der Waals surface area contributed by atoms with Crippen LogP contribution in [0.3, 0.4) is 0 Å². The molecule has 1 unspecified atom stereocenters. The minimum atomic E-state index is -4.28. The van der Waals surface area contributed by atoms with Gasteiger partial charge in [0.25, 0.3) is 0 Å². The molecule has 5 heteroatoms. The van der Waals surface area contributed by atoms with Crippen molar-refractivity contribution >= 4 is 0 Å². The number of hydrogen-bond donors (Lipinski definition) is 1. The summed E-state index contributed by atoms with van der Waals surface area (Å²) in [5.74, 6) is 0. The average Bonchev–Trinajstić information content (AvgIpc) is 2.30. The quantitative estimate of drug-likeness (QED) is 0.857. The number of ether oxygens (including phenoxy) is 1. The SMILES string of the molecule is CCNC(COCC(F)(F)F)c1cccc(C)c1C. The predicted molar refractivity (Wildman–Crippen MR) is 69.2 cm³/mol. The molecular weight excluding hydrogens is 255 g/mol. The molecule has 19 heavy (non-hydrogen) atoms. The van der Waals surface area contributed by atoms with Crippen molar-refractivity contribution in [3.63, 3.8) is 0 Å². The van der Waals surface area contributed by atoms with E-state index in [0.717, 1.165) is 16.7 Å². The largest absolute Gasteiger partial charge is 0.411 e. The zero-order valence-corrected chi connectivity index (χ0v) is 11.5. The molecule has 0 saturated carbocycles. The normalized spacial score (nSPS) is 13.6. The Bertz CT molecular complexity index is 404. The smallest absolute Gasteiger partial charge is 0.370 e. The molecule has 0 aliphatic rings. The van der Waals surface area contributed by atoms with Gasteiger partial charge in [-0.05, 0) is 37.1 Å². The molecule has 1 rings (SSSR count). The number of rotatable bonds is 6. The van der Waals surface area contributed by atoms with E-state index in [1.165, 1.54) is 0 Å². The molecule has 108 valence electrons. The highest BCUT2D eigenvalue weighted by atomic mass is 19.4. The summed E-state index contributed by atoms with van der Waals surface area (Å²) in [6.45, 7) is 5.35. The molecule has 0 bridgehead atoms. The summed E-state index contributed by atoms with van der Waals surface area (Å²) in [6, 6.07) is 5.60. The molecule has 0 fully saturated rings. The number of alkyl halides is 3. The molecule has 2 nitrogen and oxygen atoms in total. The number of likely N-dealkylation sites (N-methyl/N-ethyl adjacent to an activating group) is 1. The molecular formula is C14H20F3NO. The van der Waals surface area contributed by atoms with E-state index in [4.69, 9.17) is 4.74 Å². The van der Waals surface area contributed by atoms with E-state index in [-0.39, 0.29) is 12.6 Å². The van der Waals surface area contributed by atoms with Crippen LogP contribution < -0.4 is 5.32 Å². The van der Waals surface area contributed by atoms with Gasteiger partial charge in [-0.3, -0.25) is 0 Å². The molecule has 0 spiro atoms. The second-order valence-electron chi connectivity index (χ2n) is 4.53. The second-order valence-corrected chi connectivity index (χ2v) is 4.53. The van der Waals surface area contributed by atoms with Gasteiger partial charge >= 0.3 is 6.18 Å². The Morgan fingerprint density at radius 3 is 2.53 bits per heavy atom. The van der Waals surface area contributed by atoms with E-state index in [1.807, 2.05) is 39.0 Å². The van der Waals surface area contributed by atoms with Gasteiger partial charge in [-0.15, -0.1) is 0 Å². The number of nitrogens with one attached hydrogen (secondary N) is 1. The lowest BCUT2D eigenvalue weighted by atomic mass is 9.98. The van der Waals surface area contributed by atoms with E-state index in [2.05, 4.69) is 5.32 Å². The standard InChI is InChI=1S/C14H20F3NO/c1-4-18-13(8-19-9-14(15,16)17)12-7-5-6-10(2)11(12)3/h5-7,13,18H,4,8-9H2,1-3H3. The van der Waals surface area contributed by atoms with Gasteiger partial charge in [0.2, 0.25) is 0 Å². The van der Waals surface area contributed by atoms with Gasteiger partial charge in [-0.25, -0.2) is 0 Å². The molecule has 1 N–H and O–H groups in total. The summed E-state index contributed by atoms with van der Waals surface area (Å²) in [7, 11) is 0. The summed E-state index contributed by atoms with van der Waals surface area (Å²) < 4.78 is 41.1. The zero-order valence-electron chi connectivity index (χ0n) is 11.5. The fraction of sp³-hybridized carbons (Fsp3) is 0.571. The summed E-state index contributed by atoms with van der Waals surface area (Å²) >= 11 is 0. The maximum Gasteiger partial charge on any atom is 0.411 e. The fourth-order valence-electron chi connectivity index (χ4n) is 1.95. The minimum Gasteiger partial charge on any atom is -0.370 e. The molecule has 0 aliphatic heterocycles. The van der Waals surface area contributed by atoms with Crippen molar-refractivity contribution in [2.75, 3.05) is 19.8 Å². The van der Waals surface area contributed by atoms with Crippen LogP contribution in [0.4, 0.5) is 13.2 Å². The van der Waals surface area contributed by atoms with Crippen LogP contribution in [0.1, 0.15) is 29.7 Å². The highest BCUT2D eigenvalue weighted by Crippen LogP contribution is 2.22. The van der Waals surface area contributed by atoms with Gasteiger partial charge in [-0.2, -0.15) is 13.2 Å². The average molecular weight is 275 g/mol. The number of benzene rings is 1. The first kappa shape index (κ1) is 16.0. The van der Waals surface area contributed by atoms with Crippen molar-refractivity contribution in [1.29, 1.82) is 0 Å². The van der Waals surface area contributed by atoms with Gasteiger partial charge in [-0.1, -0.05) is 25.1 Å². The molecule has 0 heterocycles. The first-order valence-electron chi connectivity index (χ1n) is 6.29. The third kappa shape index (κ3) is 5.20. The topological polar surface area (TPSA) is 21.3 Å². The Balaban J connectivity index is 2.74. The monoisotopic (exact) mass is 275 g/mol. The van der Waals surface area contributed by atoms with Gasteiger partial charge in [0.15, 0.2) is 0 Å². The summed E-state index contributed by atoms with van der Waals surface area (Å²) in [5.41, 5.74) is 3.20. The third-order valence-electron chi connectivity index (χ3n) is 3.02. The van der Waals surface area contributed by atoms with Crippen LogP contribution in [0.15, 0.2) is 18.2 Å². The van der Waals surface area contributed by atoms with E-state index < -0.39 is 12.8 Å². The minimum absolute atomic E-state index is 0.0116. The lowest BCUT2D eigenvalue weighted by Gasteiger charge is -2.21. The Morgan fingerprint density at radius 2 is 1.95 bits per heavy atom. The van der Waals surface area contributed by atoms with Crippen LogP contribution in [-0.4, -0.2) is 25.9 Å². The van der Waals surface area contributed by atoms with Crippen LogP contribution in [0, 0.1) is 13.8 Å². The zero-order chi connectivity index (χ0) is 14.5. The predicted octanol–water partition coefficient (Wildman–Crippen LogP) is 3.53. The van der Waals surface area contributed by atoms with Gasteiger partial charge in [0, 0.05) is 0 Å². The van der Waals surface area contributed by atoms with Crippen LogP contribution in [0.5, 0.6) is 0 Å². The van der Waals surface area contributed by atoms with Crippen LogP contribution in [-0.2, 0) is 4.74 Å². The van der Waals surface area contributed by atoms with Crippen LogP contribution in [0.25, 0.3) is 0 Å². The van der Waals surface area contributed by atoms with Gasteiger partial charge in [0.1, 0.15) is 6.61 Å². The first-order chi connectivity index (χ1) is 8.85. The van der Waals surface area contributed by atoms with Gasteiger partial charge < -0.3 is 10.1 Å². The third-order valence-corrected chi connectivity index (χ3v) is 3.02. The Hall–Kier alpha value is -1.07.